The third kappa shape index (κ3) is 3.25. The molecule has 104 valence electrons. The summed E-state index contributed by atoms with van der Waals surface area (Å²) in [4.78, 5) is 5.50. The van der Waals surface area contributed by atoms with Crippen LogP contribution in [0.2, 0.25) is 0 Å². The molecule has 18 heavy (non-hydrogen) atoms. The van der Waals surface area contributed by atoms with E-state index in [2.05, 4.69) is 15.1 Å². The van der Waals surface area contributed by atoms with E-state index in [1.165, 1.54) is 84.3 Å². The van der Waals surface area contributed by atoms with Gasteiger partial charge in [0.05, 0.1) is 0 Å². The van der Waals surface area contributed by atoms with Crippen LogP contribution in [-0.4, -0.2) is 61.7 Å². The van der Waals surface area contributed by atoms with Gasteiger partial charge in [0.1, 0.15) is 0 Å². The molecule has 0 aliphatic carbocycles. The molecule has 0 radical (unpaired) electrons. The number of rotatable bonds is 3. The van der Waals surface area contributed by atoms with Crippen LogP contribution in [0.1, 0.15) is 38.5 Å². The molecule has 0 spiro atoms. The lowest BCUT2D eigenvalue weighted by Gasteiger charge is -2.40. The van der Waals surface area contributed by atoms with E-state index in [4.69, 9.17) is 0 Å². The van der Waals surface area contributed by atoms with Gasteiger partial charge in [-0.1, -0.05) is 6.42 Å². The highest BCUT2D eigenvalue weighted by molar-refractivity contribution is 4.83. The molecule has 1 atom stereocenters. The van der Waals surface area contributed by atoms with Crippen LogP contribution in [-0.2, 0) is 0 Å². The molecular weight excluding hydrogens is 222 g/mol. The van der Waals surface area contributed by atoms with Gasteiger partial charge in [-0.2, -0.15) is 0 Å². The minimum Gasteiger partial charge on any atom is -0.316 e. The summed E-state index contributed by atoms with van der Waals surface area (Å²) in [5.74, 6) is 0.927. The van der Waals surface area contributed by atoms with E-state index in [9.17, 15) is 0 Å². The third-order valence-electron chi connectivity index (χ3n) is 5.14. The van der Waals surface area contributed by atoms with Gasteiger partial charge in [0.2, 0.25) is 0 Å². The topological polar surface area (TPSA) is 18.5 Å². The fourth-order valence-electron chi connectivity index (χ4n) is 3.99. The van der Waals surface area contributed by atoms with Crippen LogP contribution in [0.15, 0.2) is 0 Å². The standard InChI is InChI=1S/C15H29N3/c1-2-8-18(9-3-1)15-5-10-17(11-6-15)13-14-4-7-16-12-14/h14-16H,1-13H2. The molecule has 0 saturated carbocycles. The first kappa shape index (κ1) is 12.9. The Hall–Kier alpha value is -0.120. The molecule has 1 N–H and O–H groups in total. The van der Waals surface area contributed by atoms with Crippen molar-refractivity contribution in [2.24, 2.45) is 5.92 Å². The number of likely N-dealkylation sites (tertiary alicyclic amines) is 2. The first-order valence-electron chi connectivity index (χ1n) is 8.09. The quantitative estimate of drug-likeness (QED) is 0.821. The summed E-state index contributed by atoms with van der Waals surface area (Å²) in [6.07, 6.45) is 8.57. The van der Waals surface area contributed by atoms with Gasteiger partial charge in [0, 0.05) is 12.6 Å². The van der Waals surface area contributed by atoms with Crippen molar-refractivity contribution in [3.8, 4) is 0 Å². The van der Waals surface area contributed by atoms with Gasteiger partial charge >= 0.3 is 0 Å². The van der Waals surface area contributed by atoms with Crippen LogP contribution in [0.5, 0.6) is 0 Å². The molecule has 0 bridgehead atoms. The molecule has 3 saturated heterocycles. The highest BCUT2D eigenvalue weighted by Gasteiger charge is 2.27. The lowest BCUT2D eigenvalue weighted by molar-refractivity contribution is 0.0866. The Morgan fingerprint density at radius 3 is 2.33 bits per heavy atom. The van der Waals surface area contributed by atoms with Gasteiger partial charge in [0.25, 0.3) is 0 Å². The minimum absolute atomic E-state index is 0.906. The lowest BCUT2D eigenvalue weighted by Crippen LogP contribution is -2.47. The van der Waals surface area contributed by atoms with Crippen LogP contribution in [0.25, 0.3) is 0 Å². The highest BCUT2D eigenvalue weighted by atomic mass is 15.2. The molecule has 3 heteroatoms. The van der Waals surface area contributed by atoms with E-state index >= 15 is 0 Å². The Bertz CT molecular complexity index is 236. The number of nitrogens with zero attached hydrogens (tertiary/aromatic N) is 2. The molecule has 3 aliphatic heterocycles. The number of piperidine rings is 2. The number of hydrogen-bond acceptors (Lipinski definition) is 3. The van der Waals surface area contributed by atoms with Crippen molar-refractivity contribution in [2.45, 2.75) is 44.6 Å². The van der Waals surface area contributed by atoms with Crippen LogP contribution in [0, 0.1) is 5.92 Å². The first-order chi connectivity index (χ1) is 8.92. The molecular formula is C15H29N3. The van der Waals surface area contributed by atoms with E-state index in [-0.39, 0.29) is 0 Å². The number of hydrogen-bond donors (Lipinski definition) is 1. The Labute approximate surface area is 112 Å². The van der Waals surface area contributed by atoms with E-state index in [1.807, 2.05) is 0 Å². The molecule has 0 aromatic heterocycles. The van der Waals surface area contributed by atoms with Crippen molar-refractivity contribution in [3.63, 3.8) is 0 Å². The summed E-state index contributed by atoms with van der Waals surface area (Å²) < 4.78 is 0. The van der Waals surface area contributed by atoms with Crippen LogP contribution in [0.3, 0.4) is 0 Å². The lowest BCUT2D eigenvalue weighted by atomic mass is 9.98. The fraction of sp³-hybridized carbons (Fsp3) is 1.00. The van der Waals surface area contributed by atoms with Crippen molar-refractivity contribution >= 4 is 0 Å². The Kier molecular flexibility index (Phi) is 4.55. The second-order valence-corrected chi connectivity index (χ2v) is 6.49. The fourth-order valence-corrected chi connectivity index (χ4v) is 3.99. The zero-order chi connectivity index (χ0) is 12.2. The average molecular weight is 251 g/mol. The molecule has 3 nitrogen and oxygen atoms in total. The molecule has 3 heterocycles. The second-order valence-electron chi connectivity index (χ2n) is 6.49. The van der Waals surface area contributed by atoms with Crippen molar-refractivity contribution in [2.75, 3.05) is 45.8 Å². The van der Waals surface area contributed by atoms with Gasteiger partial charge < -0.3 is 15.1 Å². The maximum Gasteiger partial charge on any atom is 0.0120 e. The van der Waals surface area contributed by atoms with Crippen molar-refractivity contribution < 1.29 is 0 Å². The van der Waals surface area contributed by atoms with Gasteiger partial charge in [0.15, 0.2) is 0 Å². The summed E-state index contributed by atoms with van der Waals surface area (Å²) in [6, 6.07) is 0.906. The Balaban J connectivity index is 1.40. The third-order valence-corrected chi connectivity index (χ3v) is 5.14. The molecule has 1 unspecified atom stereocenters. The van der Waals surface area contributed by atoms with Crippen LogP contribution < -0.4 is 5.32 Å². The molecule has 3 rings (SSSR count). The minimum atomic E-state index is 0.906. The summed E-state index contributed by atoms with van der Waals surface area (Å²) >= 11 is 0. The average Bonchev–Trinajstić information content (AvgIpc) is 2.94. The van der Waals surface area contributed by atoms with E-state index in [0.29, 0.717) is 0 Å². The molecule has 3 aliphatic rings. The molecule has 0 aromatic rings. The van der Waals surface area contributed by atoms with Crippen LogP contribution in [0.4, 0.5) is 0 Å². The predicted octanol–water partition coefficient (Wildman–Crippen LogP) is 1.55. The van der Waals surface area contributed by atoms with Crippen molar-refractivity contribution in [1.82, 2.24) is 15.1 Å². The number of nitrogens with one attached hydrogen (secondary N) is 1. The zero-order valence-corrected chi connectivity index (χ0v) is 11.7. The smallest absolute Gasteiger partial charge is 0.0120 e. The zero-order valence-electron chi connectivity index (χ0n) is 11.7. The van der Waals surface area contributed by atoms with Gasteiger partial charge in [-0.3, -0.25) is 0 Å². The van der Waals surface area contributed by atoms with Gasteiger partial charge in [-0.25, -0.2) is 0 Å². The summed E-state index contributed by atoms with van der Waals surface area (Å²) in [6.45, 7) is 9.28. The SMILES string of the molecule is C1CCN(C2CCN(CC3CCNC3)CC2)CC1. The molecule has 0 amide bonds. The predicted molar refractivity (Wildman–Crippen MR) is 75.9 cm³/mol. The summed E-state index contributed by atoms with van der Waals surface area (Å²) in [7, 11) is 0. The molecule has 3 fully saturated rings. The van der Waals surface area contributed by atoms with Crippen molar-refractivity contribution in [3.05, 3.63) is 0 Å². The molecule has 0 aromatic carbocycles. The van der Waals surface area contributed by atoms with E-state index in [1.54, 1.807) is 0 Å². The van der Waals surface area contributed by atoms with Gasteiger partial charge in [-0.05, 0) is 77.3 Å². The Morgan fingerprint density at radius 1 is 0.889 bits per heavy atom. The normalized spacial score (nSPS) is 33.0. The maximum absolute atomic E-state index is 3.49. The van der Waals surface area contributed by atoms with E-state index < -0.39 is 0 Å². The monoisotopic (exact) mass is 251 g/mol. The second kappa shape index (κ2) is 6.36. The summed E-state index contributed by atoms with van der Waals surface area (Å²) in [5.41, 5.74) is 0. The van der Waals surface area contributed by atoms with E-state index in [0.717, 1.165) is 12.0 Å². The maximum atomic E-state index is 3.49. The summed E-state index contributed by atoms with van der Waals surface area (Å²) in [5, 5.41) is 3.49. The highest BCUT2D eigenvalue weighted by Crippen LogP contribution is 2.22. The Morgan fingerprint density at radius 2 is 1.67 bits per heavy atom. The van der Waals surface area contributed by atoms with Crippen LogP contribution >= 0.6 is 0 Å². The van der Waals surface area contributed by atoms with Gasteiger partial charge in [-0.15, -0.1) is 0 Å². The first-order valence-corrected chi connectivity index (χ1v) is 8.09. The largest absolute Gasteiger partial charge is 0.316 e. The van der Waals surface area contributed by atoms with Crippen molar-refractivity contribution in [1.29, 1.82) is 0 Å².